The molecule has 0 bridgehead atoms. The topological polar surface area (TPSA) is 101 Å². The highest BCUT2D eigenvalue weighted by Gasteiger charge is 2.20. The Hall–Kier alpha value is -2.67. The van der Waals surface area contributed by atoms with Gasteiger partial charge in [0, 0.05) is 11.5 Å². The van der Waals surface area contributed by atoms with Crippen molar-refractivity contribution < 1.29 is 19.4 Å². The third-order valence-electron chi connectivity index (χ3n) is 3.36. The number of benzene rings is 1. The van der Waals surface area contributed by atoms with E-state index in [1.165, 1.54) is 12.1 Å². The number of phenolic OH excluding ortho intramolecular Hbond substituents is 1. The van der Waals surface area contributed by atoms with Crippen LogP contribution in [-0.4, -0.2) is 21.2 Å². The maximum Gasteiger partial charge on any atom is 0.347 e. The van der Waals surface area contributed by atoms with Gasteiger partial charge in [-0.3, -0.25) is 0 Å². The summed E-state index contributed by atoms with van der Waals surface area (Å²) in [5, 5.41) is 19.5. The molecular weight excluding hydrogens is 306 g/mol. The largest absolute Gasteiger partial charge is 0.508 e. The van der Waals surface area contributed by atoms with Crippen molar-refractivity contribution in [2.75, 3.05) is 0 Å². The number of hydrogen-bond acceptors (Lipinski definition) is 6. The van der Waals surface area contributed by atoms with Crippen molar-refractivity contribution in [2.45, 2.75) is 13.8 Å². The quantitative estimate of drug-likeness (QED) is 0.705. The molecule has 0 aliphatic carbocycles. The molecule has 0 radical (unpaired) electrons. The number of aromatic hydroxyl groups is 1. The number of aromatic carboxylic acids is 1. The minimum absolute atomic E-state index is 0.000978. The molecule has 0 saturated carbocycles. The molecule has 6 nitrogen and oxygen atoms in total. The van der Waals surface area contributed by atoms with E-state index in [1.54, 1.807) is 19.9 Å². The van der Waals surface area contributed by atoms with Gasteiger partial charge in [-0.2, -0.15) is 0 Å². The molecule has 2 N–H and O–H groups in total. The molecule has 1 aromatic carbocycles. The van der Waals surface area contributed by atoms with Crippen molar-refractivity contribution >= 4 is 28.3 Å². The lowest BCUT2D eigenvalue weighted by Gasteiger charge is -2.05. The first kappa shape index (κ1) is 14.3. The molecule has 3 aromatic rings. The summed E-state index contributed by atoms with van der Waals surface area (Å²) >= 11 is 0.941. The number of carboxylic acid groups (broad SMARTS) is 1. The summed E-state index contributed by atoms with van der Waals surface area (Å²) in [6.45, 7) is 3.32. The summed E-state index contributed by atoms with van der Waals surface area (Å²) < 4.78 is 5.22. The van der Waals surface area contributed by atoms with Gasteiger partial charge in [-0.25, -0.2) is 14.6 Å². The maximum absolute atomic E-state index is 12.2. The Bertz CT molecular complexity index is 970. The molecule has 0 fully saturated rings. The molecule has 112 valence electrons. The SMILES string of the molecule is Cc1nc(-c2c(C)c3ccc(O)cc3oc2=O)sc1C(=O)O. The first-order chi connectivity index (χ1) is 10.4. The van der Waals surface area contributed by atoms with E-state index in [9.17, 15) is 14.7 Å². The molecule has 0 spiro atoms. The Morgan fingerprint density at radius 2 is 2.05 bits per heavy atom. The van der Waals surface area contributed by atoms with Crippen molar-refractivity contribution in [1.29, 1.82) is 0 Å². The summed E-state index contributed by atoms with van der Waals surface area (Å²) in [7, 11) is 0. The van der Waals surface area contributed by atoms with E-state index >= 15 is 0 Å². The average molecular weight is 317 g/mol. The normalized spacial score (nSPS) is 11.0. The number of rotatable bonds is 2. The number of fused-ring (bicyclic) bond motifs is 1. The number of aromatic nitrogens is 1. The van der Waals surface area contributed by atoms with Crippen LogP contribution in [0.4, 0.5) is 0 Å². The molecule has 0 aliphatic rings. The second-order valence-corrected chi connectivity index (χ2v) is 5.81. The van der Waals surface area contributed by atoms with Gasteiger partial charge in [0.1, 0.15) is 21.2 Å². The van der Waals surface area contributed by atoms with Crippen molar-refractivity contribution in [3.8, 4) is 16.3 Å². The zero-order valence-corrected chi connectivity index (χ0v) is 12.5. The van der Waals surface area contributed by atoms with E-state index in [-0.39, 0.29) is 21.8 Å². The second kappa shape index (κ2) is 4.96. The number of aryl methyl sites for hydroxylation is 2. The van der Waals surface area contributed by atoms with Crippen LogP contribution in [-0.2, 0) is 0 Å². The molecule has 7 heteroatoms. The Kier molecular flexibility index (Phi) is 3.22. The molecule has 0 unspecified atom stereocenters. The number of thiazole rings is 1. The molecule has 0 amide bonds. The van der Waals surface area contributed by atoms with Gasteiger partial charge in [-0.1, -0.05) is 0 Å². The Morgan fingerprint density at radius 1 is 1.32 bits per heavy atom. The van der Waals surface area contributed by atoms with Crippen LogP contribution in [0.2, 0.25) is 0 Å². The van der Waals surface area contributed by atoms with E-state index < -0.39 is 11.6 Å². The molecule has 2 heterocycles. The van der Waals surface area contributed by atoms with Gasteiger partial charge in [0.05, 0.1) is 11.3 Å². The summed E-state index contributed by atoms with van der Waals surface area (Å²) in [6.07, 6.45) is 0. The highest BCUT2D eigenvalue weighted by Crippen LogP contribution is 2.32. The minimum atomic E-state index is -1.07. The number of carboxylic acids is 1. The van der Waals surface area contributed by atoms with Gasteiger partial charge in [0.15, 0.2) is 0 Å². The van der Waals surface area contributed by atoms with Gasteiger partial charge < -0.3 is 14.6 Å². The van der Waals surface area contributed by atoms with E-state index in [4.69, 9.17) is 9.52 Å². The zero-order valence-electron chi connectivity index (χ0n) is 11.7. The fourth-order valence-electron chi connectivity index (χ4n) is 2.29. The summed E-state index contributed by atoms with van der Waals surface area (Å²) in [4.78, 5) is 27.6. The highest BCUT2D eigenvalue weighted by molar-refractivity contribution is 7.17. The van der Waals surface area contributed by atoms with Crippen LogP contribution in [0.5, 0.6) is 5.75 Å². The lowest BCUT2D eigenvalue weighted by atomic mass is 10.1. The molecule has 0 atom stereocenters. The van der Waals surface area contributed by atoms with Crippen molar-refractivity contribution in [1.82, 2.24) is 4.98 Å². The Morgan fingerprint density at radius 3 is 2.68 bits per heavy atom. The minimum Gasteiger partial charge on any atom is -0.508 e. The van der Waals surface area contributed by atoms with Crippen LogP contribution in [0.15, 0.2) is 27.4 Å². The molecule has 2 aromatic heterocycles. The van der Waals surface area contributed by atoms with E-state index in [1.807, 2.05) is 0 Å². The predicted octanol–water partition coefficient (Wildman–Crippen LogP) is 2.94. The third kappa shape index (κ3) is 2.15. The molecule has 0 aliphatic heterocycles. The summed E-state index contributed by atoms with van der Waals surface area (Å²) in [6, 6.07) is 4.50. The molecule has 3 rings (SSSR count). The zero-order chi connectivity index (χ0) is 16.0. The number of phenols is 1. The van der Waals surface area contributed by atoms with Gasteiger partial charge in [0.25, 0.3) is 0 Å². The van der Waals surface area contributed by atoms with Crippen LogP contribution in [0.3, 0.4) is 0 Å². The Balaban J connectivity index is 2.32. The van der Waals surface area contributed by atoms with Gasteiger partial charge in [-0.15, -0.1) is 11.3 Å². The smallest absolute Gasteiger partial charge is 0.347 e. The predicted molar refractivity (Wildman–Crippen MR) is 81.7 cm³/mol. The van der Waals surface area contributed by atoms with Gasteiger partial charge in [-0.05, 0) is 31.5 Å². The van der Waals surface area contributed by atoms with Crippen molar-refractivity contribution in [2.24, 2.45) is 0 Å². The lowest BCUT2D eigenvalue weighted by molar-refractivity contribution is 0.0701. The second-order valence-electron chi connectivity index (χ2n) is 4.81. The van der Waals surface area contributed by atoms with E-state index in [2.05, 4.69) is 4.98 Å². The fraction of sp³-hybridized carbons (Fsp3) is 0.133. The third-order valence-corrected chi connectivity index (χ3v) is 4.52. The highest BCUT2D eigenvalue weighted by atomic mass is 32.1. The van der Waals surface area contributed by atoms with Crippen molar-refractivity contribution in [3.05, 3.63) is 44.8 Å². The van der Waals surface area contributed by atoms with E-state index in [0.29, 0.717) is 21.7 Å². The van der Waals surface area contributed by atoms with Crippen LogP contribution in [0.1, 0.15) is 20.9 Å². The van der Waals surface area contributed by atoms with Crippen LogP contribution in [0, 0.1) is 13.8 Å². The summed E-state index contributed by atoms with van der Waals surface area (Å²) in [5.41, 5.74) is 0.909. The number of hydrogen-bond donors (Lipinski definition) is 2. The number of carbonyl (C=O) groups is 1. The van der Waals surface area contributed by atoms with Crippen LogP contribution < -0.4 is 5.63 Å². The van der Waals surface area contributed by atoms with Crippen LogP contribution >= 0.6 is 11.3 Å². The standard InChI is InChI=1S/C15H11NO5S/c1-6-9-4-3-8(17)5-10(9)21-15(20)11(6)13-16-7(2)12(22-13)14(18)19/h3-5,17H,1-2H3,(H,18,19). The van der Waals surface area contributed by atoms with E-state index in [0.717, 1.165) is 11.3 Å². The summed E-state index contributed by atoms with van der Waals surface area (Å²) in [5.74, 6) is -1.07. The maximum atomic E-state index is 12.2. The number of nitrogens with zero attached hydrogens (tertiary/aromatic N) is 1. The fourth-order valence-corrected chi connectivity index (χ4v) is 3.29. The van der Waals surface area contributed by atoms with Gasteiger partial charge in [0.2, 0.25) is 0 Å². The molecule has 0 saturated heterocycles. The first-order valence-corrected chi connectivity index (χ1v) is 7.17. The van der Waals surface area contributed by atoms with Crippen LogP contribution in [0.25, 0.3) is 21.5 Å². The molecular formula is C15H11NO5S. The monoisotopic (exact) mass is 317 g/mol. The average Bonchev–Trinajstić information content (AvgIpc) is 2.80. The van der Waals surface area contributed by atoms with Gasteiger partial charge >= 0.3 is 11.6 Å². The lowest BCUT2D eigenvalue weighted by Crippen LogP contribution is -2.05. The Labute approximate surface area is 128 Å². The first-order valence-electron chi connectivity index (χ1n) is 6.36. The van der Waals surface area contributed by atoms with Crippen molar-refractivity contribution in [3.63, 3.8) is 0 Å². The molecule has 22 heavy (non-hydrogen) atoms.